The van der Waals surface area contributed by atoms with Crippen molar-refractivity contribution in [3.05, 3.63) is 23.8 Å². The van der Waals surface area contributed by atoms with Crippen LogP contribution < -0.4 is 11.1 Å². The Balaban J connectivity index is 1.88. The molecule has 18 heavy (non-hydrogen) atoms. The smallest absolute Gasteiger partial charge is 0.101 e. The Morgan fingerprint density at radius 3 is 2.89 bits per heavy atom. The van der Waals surface area contributed by atoms with E-state index < -0.39 is 0 Å². The van der Waals surface area contributed by atoms with Gasteiger partial charge in [0, 0.05) is 19.1 Å². The minimum Gasteiger partial charge on any atom is -0.396 e. The first-order valence-corrected chi connectivity index (χ1v) is 6.52. The largest absolute Gasteiger partial charge is 0.396 e. The molecule has 0 bridgehead atoms. The van der Waals surface area contributed by atoms with Gasteiger partial charge in [-0.15, -0.1) is 0 Å². The van der Waals surface area contributed by atoms with Crippen molar-refractivity contribution in [3.63, 3.8) is 0 Å². The van der Waals surface area contributed by atoms with Crippen LogP contribution >= 0.6 is 0 Å². The average molecular weight is 244 g/mol. The number of rotatable bonds is 6. The molecule has 0 aromatic heterocycles. The molecule has 3 N–H and O–H groups in total. The first-order valence-electron chi connectivity index (χ1n) is 6.52. The van der Waals surface area contributed by atoms with E-state index in [1.807, 2.05) is 12.1 Å². The summed E-state index contributed by atoms with van der Waals surface area (Å²) < 4.78 is 0. The monoisotopic (exact) mass is 244 g/mol. The number of hydrogen-bond donors (Lipinski definition) is 2. The normalized spacial score (nSPS) is 14.5. The lowest BCUT2D eigenvalue weighted by Gasteiger charge is -2.20. The molecule has 0 heterocycles. The summed E-state index contributed by atoms with van der Waals surface area (Å²) in [6.45, 7) is 5.18. The van der Waals surface area contributed by atoms with Crippen molar-refractivity contribution in [2.45, 2.75) is 25.8 Å². The van der Waals surface area contributed by atoms with E-state index in [2.05, 4.69) is 23.2 Å². The third-order valence-electron chi connectivity index (χ3n) is 3.41. The highest BCUT2D eigenvalue weighted by Gasteiger charge is 2.27. The van der Waals surface area contributed by atoms with Crippen LogP contribution in [-0.2, 0) is 0 Å². The highest BCUT2D eigenvalue weighted by molar-refractivity contribution is 5.72. The molecular formula is C14H20N4. The molecule has 1 aliphatic rings. The van der Waals surface area contributed by atoms with Crippen molar-refractivity contribution in [1.29, 1.82) is 5.26 Å². The lowest BCUT2D eigenvalue weighted by molar-refractivity contribution is 0.289. The van der Waals surface area contributed by atoms with Crippen molar-refractivity contribution in [2.75, 3.05) is 30.7 Å². The van der Waals surface area contributed by atoms with Crippen molar-refractivity contribution in [3.8, 4) is 6.07 Å². The van der Waals surface area contributed by atoms with Gasteiger partial charge >= 0.3 is 0 Å². The van der Waals surface area contributed by atoms with Crippen LogP contribution in [0.2, 0.25) is 0 Å². The van der Waals surface area contributed by atoms with E-state index in [9.17, 15) is 0 Å². The number of hydrogen-bond acceptors (Lipinski definition) is 4. The first kappa shape index (κ1) is 12.7. The first-order chi connectivity index (χ1) is 8.76. The number of para-hydroxylation sites is 1. The fourth-order valence-corrected chi connectivity index (χ4v) is 2.19. The van der Waals surface area contributed by atoms with Crippen LogP contribution in [0.4, 0.5) is 11.4 Å². The van der Waals surface area contributed by atoms with Gasteiger partial charge < -0.3 is 11.1 Å². The maximum atomic E-state index is 8.91. The van der Waals surface area contributed by atoms with Gasteiger partial charge in [0.05, 0.1) is 16.9 Å². The minimum absolute atomic E-state index is 0.537. The maximum absolute atomic E-state index is 8.91. The van der Waals surface area contributed by atoms with Gasteiger partial charge in [-0.05, 0) is 31.5 Å². The molecule has 0 amide bonds. The van der Waals surface area contributed by atoms with Gasteiger partial charge in [0.1, 0.15) is 6.07 Å². The topological polar surface area (TPSA) is 65.1 Å². The molecule has 0 unspecified atom stereocenters. The molecule has 1 aromatic rings. The van der Waals surface area contributed by atoms with E-state index in [4.69, 9.17) is 11.0 Å². The highest BCUT2D eigenvalue weighted by atomic mass is 15.2. The third kappa shape index (κ3) is 2.93. The molecule has 1 fully saturated rings. The van der Waals surface area contributed by atoms with Gasteiger partial charge in [-0.2, -0.15) is 5.26 Å². The average Bonchev–Trinajstić information content (AvgIpc) is 3.21. The Labute approximate surface area is 108 Å². The number of likely N-dealkylation sites (N-methyl/N-ethyl adjacent to an activating group) is 1. The third-order valence-corrected chi connectivity index (χ3v) is 3.41. The molecule has 4 heteroatoms. The Morgan fingerprint density at radius 2 is 2.28 bits per heavy atom. The number of benzene rings is 1. The summed E-state index contributed by atoms with van der Waals surface area (Å²) in [6.07, 6.45) is 2.67. The second-order valence-corrected chi connectivity index (χ2v) is 4.67. The lowest BCUT2D eigenvalue weighted by atomic mass is 10.1. The second-order valence-electron chi connectivity index (χ2n) is 4.67. The van der Waals surface area contributed by atoms with E-state index in [1.54, 1.807) is 6.07 Å². The Morgan fingerprint density at radius 1 is 1.50 bits per heavy atom. The summed E-state index contributed by atoms with van der Waals surface area (Å²) in [7, 11) is 0. The Kier molecular flexibility index (Phi) is 4.06. The quantitative estimate of drug-likeness (QED) is 0.752. The summed E-state index contributed by atoms with van der Waals surface area (Å²) in [5.41, 5.74) is 7.87. The summed E-state index contributed by atoms with van der Waals surface area (Å²) in [5, 5.41) is 12.2. The SMILES string of the molecule is CCN(CCNc1cccc(C#N)c1N)C1CC1. The summed E-state index contributed by atoms with van der Waals surface area (Å²) >= 11 is 0. The standard InChI is InChI=1S/C14H20N4/c1-2-18(12-6-7-12)9-8-17-13-5-3-4-11(10-15)14(13)16/h3-5,12,17H,2,6-9,16H2,1H3. The summed E-state index contributed by atoms with van der Waals surface area (Å²) in [4.78, 5) is 2.48. The van der Waals surface area contributed by atoms with Crippen LogP contribution in [-0.4, -0.2) is 30.6 Å². The van der Waals surface area contributed by atoms with Gasteiger partial charge in [0.15, 0.2) is 0 Å². The number of nitriles is 1. The second kappa shape index (κ2) is 5.74. The number of anilines is 2. The van der Waals surface area contributed by atoms with Crippen molar-refractivity contribution >= 4 is 11.4 Å². The number of nitrogens with two attached hydrogens (primary N) is 1. The fraction of sp³-hybridized carbons (Fsp3) is 0.500. The number of nitrogens with one attached hydrogen (secondary N) is 1. The van der Waals surface area contributed by atoms with Gasteiger partial charge in [-0.25, -0.2) is 0 Å². The van der Waals surface area contributed by atoms with Gasteiger partial charge in [0.25, 0.3) is 0 Å². The summed E-state index contributed by atoms with van der Waals surface area (Å²) in [6, 6.07) is 8.41. The highest BCUT2D eigenvalue weighted by Crippen LogP contribution is 2.26. The van der Waals surface area contributed by atoms with Crippen molar-refractivity contribution < 1.29 is 0 Å². The zero-order valence-electron chi connectivity index (χ0n) is 10.8. The fourth-order valence-electron chi connectivity index (χ4n) is 2.19. The molecule has 4 nitrogen and oxygen atoms in total. The predicted octanol–water partition coefficient (Wildman–Crippen LogP) is 2.04. The molecule has 96 valence electrons. The van der Waals surface area contributed by atoms with E-state index in [1.165, 1.54) is 12.8 Å². The minimum atomic E-state index is 0.537. The van der Waals surface area contributed by atoms with E-state index in [0.29, 0.717) is 11.3 Å². The van der Waals surface area contributed by atoms with E-state index >= 15 is 0 Å². The van der Waals surface area contributed by atoms with Crippen LogP contribution in [0.25, 0.3) is 0 Å². The van der Waals surface area contributed by atoms with E-state index in [0.717, 1.165) is 31.4 Å². The van der Waals surface area contributed by atoms with E-state index in [-0.39, 0.29) is 0 Å². The van der Waals surface area contributed by atoms with Gasteiger partial charge in [-0.3, -0.25) is 4.90 Å². The molecule has 0 aliphatic heterocycles. The van der Waals surface area contributed by atoms with Crippen LogP contribution in [0.5, 0.6) is 0 Å². The molecular weight excluding hydrogens is 224 g/mol. The zero-order valence-corrected chi connectivity index (χ0v) is 10.8. The molecule has 1 aliphatic carbocycles. The van der Waals surface area contributed by atoms with Gasteiger partial charge in [0.2, 0.25) is 0 Å². The molecule has 0 atom stereocenters. The van der Waals surface area contributed by atoms with Crippen molar-refractivity contribution in [2.24, 2.45) is 0 Å². The Bertz CT molecular complexity index is 446. The van der Waals surface area contributed by atoms with Gasteiger partial charge in [-0.1, -0.05) is 13.0 Å². The molecule has 1 aromatic carbocycles. The maximum Gasteiger partial charge on any atom is 0.101 e. The van der Waals surface area contributed by atoms with Crippen molar-refractivity contribution in [1.82, 2.24) is 4.90 Å². The summed E-state index contributed by atoms with van der Waals surface area (Å²) in [5.74, 6) is 0. The molecule has 0 radical (unpaired) electrons. The molecule has 0 spiro atoms. The lowest BCUT2D eigenvalue weighted by Crippen LogP contribution is -2.31. The molecule has 1 saturated carbocycles. The van der Waals surface area contributed by atoms with Crippen LogP contribution in [0.1, 0.15) is 25.3 Å². The van der Waals surface area contributed by atoms with Crippen LogP contribution in [0, 0.1) is 11.3 Å². The number of nitrogens with zero attached hydrogens (tertiary/aromatic N) is 2. The Hall–Kier alpha value is -1.73. The number of nitrogen functional groups attached to an aromatic ring is 1. The predicted molar refractivity (Wildman–Crippen MR) is 74.3 cm³/mol. The molecule has 0 saturated heterocycles. The van der Waals surface area contributed by atoms with Crippen LogP contribution in [0.15, 0.2) is 18.2 Å². The molecule has 2 rings (SSSR count). The van der Waals surface area contributed by atoms with Crippen LogP contribution in [0.3, 0.4) is 0 Å². The zero-order chi connectivity index (χ0) is 13.0.